The van der Waals surface area contributed by atoms with Crippen molar-refractivity contribution in [2.75, 3.05) is 10.8 Å². The van der Waals surface area contributed by atoms with Crippen LogP contribution in [-0.2, 0) is 26.2 Å². The minimum Gasteiger partial charge on any atom is -0.352 e. The number of carbonyl (C=O) groups excluding carboxylic acids is 2. The summed E-state index contributed by atoms with van der Waals surface area (Å²) in [5.41, 5.74) is 1.82. The Balaban J connectivity index is 2.04. The highest BCUT2D eigenvalue weighted by atomic mass is 35.5. The van der Waals surface area contributed by atoms with Gasteiger partial charge in [0.15, 0.2) is 0 Å². The van der Waals surface area contributed by atoms with E-state index in [0.717, 1.165) is 9.87 Å². The van der Waals surface area contributed by atoms with Crippen molar-refractivity contribution in [1.82, 2.24) is 10.2 Å². The van der Waals surface area contributed by atoms with Gasteiger partial charge in [-0.1, -0.05) is 55.3 Å². The molecule has 0 unspecified atom stereocenters. The lowest BCUT2D eigenvalue weighted by Crippen LogP contribution is -2.53. The number of anilines is 1. The van der Waals surface area contributed by atoms with Gasteiger partial charge in [0.25, 0.3) is 10.0 Å². The monoisotopic (exact) mass is 587 g/mol. The molecule has 10 heteroatoms. The third-order valence-corrected chi connectivity index (χ3v) is 8.70. The smallest absolute Gasteiger partial charge is 0.264 e. The minimum absolute atomic E-state index is 0.00568. The molecule has 0 fully saturated rings. The van der Waals surface area contributed by atoms with Crippen LogP contribution in [0.1, 0.15) is 44.7 Å². The average Bonchev–Trinajstić information content (AvgIpc) is 2.93. The lowest BCUT2D eigenvalue weighted by atomic mass is 10.1. The molecule has 0 aliphatic rings. The number of sulfonamides is 1. The van der Waals surface area contributed by atoms with Gasteiger partial charge in [-0.3, -0.25) is 13.9 Å². The average molecular weight is 588 g/mol. The van der Waals surface area contributed by atoms with Crippen molar-refractivity contribution in [3.8, 4) is 0 Å². The maximum atomic E-state index is 14.0. The highest BCUT2D eigenvalue weighted by molar-refractivity contribution is 7.92. The summed E-state index contributed by atoms with van der Waals surface area (Å²) in [6.07, 6.45) is 0.998. The molecule has 0 heterocycles. The molecule has 3 rings (SSSR count). The van der Waals surface area contributed by atoms with Crippen molar-refractivity contribution in [2.45, 2.75) is 64.1 Å². The van der Waals surface area contributed by atoms with Crippen LogP contribution in [0.4, 0.5) is 10.1 Å². The second-order valence-corrected chi connectivity index (χ2v) is 12.0. The molecule has 0 aliphatic carbocycles. The summed E-state index contributed by atoms with van der Waals surface area (Å²) in [5, 5.41) is 3.30. The zero-order valence-electron chi connectivity index (χ0n) is 23.1. The number of amides is 2. The fourth-order valence-electron chi connectivity index (χ4n) is 4.12. The Morgan fingerprint density at radius 1 is 0.925 bits per heavy atom. The summed E-state index contributed by atoms with van der Waals surface area (Å²) in [4.78, 5) is 28.6. The van der Waals surface area contributed by atoms with Gasteiger partial charge < -0.3 is 10.2 Å². The predicted molar refractivity (Wildman–Crippen MR) is 156 cm³/mol. The number of benzene rings is 3. The topological polar surface area (TPSA) is 86.8 Å². The van der Waals surface area contributed by atoms with Gasteiger partial charge in [0.05, 0.1) is 10.6 Å². The molecule has 0 aromatic heterocycles. The summed E-state index contributed by atoms with van der Waals surface area (Å²) in [6.45, 7) is 6.91. The number of nitrogens with zero attached hydrogens (tertiary/aromatic N) is 2. The van der Waals surface area contributed by atoms with E-state index in [9.17, 15) is 22.4 Å². The van der Waals surface area contributed by atoms with Gasteiger partial charge in [-0.05, 0) is 80.8 Å². The summed E-state index contributed by atoms with van der Waals surface area (Å²) in [6, 6.07) is 17.1. The Bertz CT molecular complexity index is 1400. The van der Waals surface area contributed by atoms with Crippen molar-refractivity contribution in [2.24, 2.45) is 0 Å². The Labute approximate surface area is 241 Å². The van der Waals surface area contributed by atoms with Crippen molar-refractivity contribution < 1.29 is 22.4 Å². The molecule has 214 valence electrons. The van der Waals surface area contributed by atoms with Crippen LogP contribution in [-0.4, -0.2) is 43.8 Å². The maximum Gasteiger partial charge on any atom is 0.264 e. The second-order valence-electron chi connectivity index (χ2n) is 9.69. The number of halogens is 2. The maximum absolute atomic E-state index is 14.0. The Hall–Kier alpha value is -3.43. The SMILES string of the molecule is CC[C@H](C)NC(=O)[C@H](CC)N(Cc1ccc(F)cc1)C(=O)CN(c1ccc(C)cc1)S(=O)(=O)c1ccc(Cl)cc1. The van der Waals surface area contributed by atoms with Crippen LogP contribution in [0.25, 0.3) is 0 Å². The quantitative estimate of drug-likeness (QED) is 0.294. The van der Waals surface area contributed by atoms with Crippen LogP contribution in [0.3, 0.4) is 0 Å². The number of hydrogen-bond donors (Lipinski definition) is 1. The minimum atomic E-state index is -4.19. The van der Waals surface area contributed by atoms with Crippen LogP contribution in [0.15, 0.2) is 77.7 Å². The molecule has 40 heavy (non-hydrogen) atoms. The molecule has 3 aromatic carbocycles. The zero-order valence-corrected chi connectivity index (χ0v) is 24.7. The van der Waals surface area contributed by atoms with E-state index < -0.39 is 34.3 Å². The Morgan fingerprint density at radius 3 is 2.08 bits per heavy atom. The lowest BCUT2D eigenvalue weighted by Gasteiger charge is -2.33. The summed E-state index contributed by atoms with van der Waals surface area (Å²) in [7, 11) is -4.19. The molecule has 0 aliphatic heterocycles. The first-order chi connectivity index (χ1) is 19.0. The normalized spacial score (nSPS) is 12.8. The highest BCUT2D eigenvalue weighted by Gasteiger charge is 2.34. The van der Waals surface area contributed by atoms with Crippen LogP contribution >= 0.6 is 11.6 Å². The van der Waals surface area contributed by atoms with Crippen molar-refractivity contribution in [3.63, 3.8) is 0 Å². The molecule has 3 aromatic rings. The summed E-state index contributed by atoms with van der Waals surface area (Å²) < 4.78 is 42.3. The zero-order chi connectivity index (χ0) is 29.4. The largest absolute Gasteiger partial charge is 0.352 e. The van der Waals surface area contributed by atoms with E-state index in [1.165, 1.54) is 53.4 Å². The van der Waals surface area contributed by atoms with Crippen LogP contribution in [0, 0.1) is 12.7 Å². The fraction of sp³-hybridized carbons (Fsp3) is 0.333. The predicted octanol–water partition coefficient (Wildman–Crippen LogP) is 5.70. The van der Waals surface area contributed by atoms with Gasteiger partial charge in [-0.25, -0.2) is 12.8 Å². The molecule has 2 amide bonds. The first kappa shape index (κ1) is 31.1. The van der Waals surface area contributed by atoms with Gasteiger partial charge in [0, 0.05) is 17.6 Å². The van der Waals surface area contributed by atoms with E-state index in [1.54, 1.807) is 31.2 Å². The van der Waals surface area contributed by atoms with E-state index in [2.05, 4.69) is 5.32 Å². The molecule has 7 nitrogen and oxygen atoms in total. The van der Waals surface area contributed by atoms with Crippen LogP contribution in [0.5, 0.6) is 0 Å². The van der Waals surface area contributed by atoms with Gasteiger partial charge in [-0.2, -0.15) is 0 Å². The first-order valence-electron chi connectivity index (χ1n) is 13.2. The van der Waals surface area contributed by atoms with Crippen molar-refractivity contribution >= 4 is 39.1 Å². The number of rotatable bonds is 12. The van der Waals surface area contributed by atoms with Gasteiger partial charge >= 0.3 is 0 Å². The van der Waals surface area contributed by atoms with E-state index in [1.807, 2.05) is 20.8 Å². The molecule has 0 saturated carbocycles. The fourth-order valence-corrected chi connectivity index (χ4v) is 5.66. The van der Waals surface area contributed by atoms with E-state index in [4.69, 9.17) is 11.6 Å². The highest BCUT2D eigenvalue weighted by Crippen LogP contribution is 2.26. The third kappa shape index (κ3) is 7.82. The molecule has 2 atom stereocenters. The van der Waals surface area contributed by atoms with Gasteiger partial charge in [0.1, 0.15) is 18.4 Å². The standard InChI is InChI=1S/C30H35ClFN3O4S/c1-5-22(4)33-30(37)28(6-2)34(19-23-9-13-25(32)14-10-23)29(36)20-35(26-15-7-21(3)8-16-26)40(38,39)27-17-11-24(31)12-18-27/h7-18,22,28H,5-6,19-20H2,1-4H3,(H,33,37)/t22-,28-/m0/s1. The molecule has 0 bridgehead atoms. The second kappa shape index (κ2) is 13.8. The molecule has 0 spiro atoms. The third-order valence-electron chi connectivity index (χ3n) is 6.66. The molecule has 1 N–H and O–H groups in total. The van der Waals surface area contributed by atoms with E-state index in [0.29, 0.717) is 29.1 Å². The summed E-state index contributed by atoms with van der Waals surface area (Å²) >= 11 is 5.98. The Kier molecular flexibility index (Phi) is 10.7. The number of hydrogen-bond acceptors (Lipinski definition) is 4. The number of aryl methyl sites for hydroxylation is 1. The molecule has 0 radical (unpaired) electrons. The van der Waals surface area contributed by atoms with Crippen LogP contribution < -0.4 is 9.62 Å². The molecular formula is C30H35ClFN3O4S. The molecule has 0 saturated heterocycles. The molecular weight excluding hydrogens is 553 g/mol. The number of carbonyl (C=O) groups is 2. The van der Waals surface area contributed by atoms with Crippen molar-refractivity contribution in [3.05, 3.63) is 94.8 Å². The lowest BCUT2D eigenvalue weighted by molar-refractivity contribution is -0.140. The Morgan fingerprint density at radius 2 is 1.52 bits per heavy atom. The first-order valence-corrected chi connectivity index (χ1v) is 15.0. The van der Waals surface area contributed by atoms with Crippen LogP contribution in [0.2, 0.25) is 5.02 Å². The van der Waals surface area contributed by atoms with Gasteiger partial charge in [-0.15, -0.1) is 0 Å². The van der Waals surface area contributed by atoms with Gasteiger partial charge in [0.2, 0.25) is 11.8 Å². The van der Waals surface area contributed by atoms with E-state index >= 15 is 0 Å². The van der Waals surface area contributed by atoms with E-state index in [-0.39, 0.29) is 23.4 Å². The summed E-state index contributed by atoms with van der Waals surface area (Å²) in [5.74, 6) is -1.34. The van der Waals surface area contributed by atoms with Crippen molar-refractivity contribution in [1.29, 1.82) is 0 Å². The number of nitrogens with one attached hydrogen (secondary N) is 1.